The average Bonchev–Trinajstić information content (AvgIpc) is 2.55. The van der Waals surface area contributed by atoms with Gasteiger partial charge in [0.25, 0.3) is 0 Å². The molecular formula is C9H17ClO2. The maximum absolute atomic E-state index is 5.84. The van der Waals surface area contributed by atoms with Gasteiger partial charge in [-0.25, -0.2) is 0 Å². The van der Waals surface area contributed by atoms with Crippen LogP contribution in [-0.4, -0.2) is 31.3 Å². The van der Waals surface area contributed by atoms with Crippen LogP contribution in [0.25, 0.3) is 0 Å². The van der Waals surface area contributed by atoms with E-state index in [4.69, 9.17) is 21.1 Å². The summed E-state index contributed by atoms with van der Waals surface area (Å²) >= 11 is 5.84. The summed E-state index contributed by atoms with van der Waals surface area (Å²) in [5.74, 6) is 0.552. The van der Waals surface area contributed by atoms with E-state index in [9.17, 15) is 0 Å². The van der Waals surface area contributed by atoms with Gasteiger partial charge in [-0.2, -0.15) is 0 Å². The number of halogens is 1. The first-order chi connectivity index (χ1) is 5.83. The Morgan fingerprint density at radius 2 is 2.42 bits per heavy atom. The van der Waals surface area contributed by atoms with Gasteiger partial charge in [0, 0.05) is 13.2 Å². The first-order valence-electron chi connectivity index (χ1n) is 4.61. The molecule has 0 amide bonds. The fraction of sp³-hybridized carbons (Fsp3) is 1.00. The molecule has 1 heterocycles. The Kier molecular flexibility index (Phi) is 4.33. The lowest BCUT2D eigenvalue weighted by Crippen LogP contribution is -2.35. The number of hydrogen-bond donors (Lipinski definition) is 0. The lowest BCUT2D eigenvalue weighted by molar-refractivity contribution is -0.0486. The monoisotopic (exact) mass is 192 g/mol. The third-order valence-corrected chi connectivity index (χ3v) is 2.63. The van der Waals surface area contributed by atoms with Crippen molar-refractivity contribution >= 4 is 11.6 Å². The van der Waals surface area contributed by atoms with Crippen molar-refractivity contribution in [1.29, 1.82) is 0 Å². The maximum atomic E-state index is 5.84. The number of alkyl halides is 1. The van der Waals surface area contributed by atoms with Gasteiger partial charge in [0.1, 0.15) is 5.60 Å². The van der Waals surface area contributed by atoms with Gasteiger partial charge in [0.2, 0.25) is 0 Å². The second-order valence-corrected chi connectivity index (χ2v) is 3.59. The second-order valence-electron chi connectivity index (χ2n) is 3.32. The maximum Gasteiger partial charge on any atom is 0.105 e. The molecular weight excluding hydrogens is 176 g/mol. The van der Waals surface area contributed by atoms with Crippen LogP contribution in [0.4, 0.5) is 0 Å². The highest BCUT2D eigenvalue weighted by atomic mass is 35.5. The van der Waals surface area contributed by atoms with Crippen LogP contribution in [0.1, 0.15) is 26.2 Å². The predicted molar refractivity (Wildman–Crippen MR) is 49.7 cm³/mol. The van der Waals surface area contributed by atoms with E-state index in [2.05, 4.69) is 6.92 Å². The summed E-state index contributed by atoms with van der Waals surface area (Å²) in [7, 11) is 0. The summed E-state index contributed by atoms with van der Waals surface area (Å²) < 4.78 is 11.0. The molecule has 0 spiro atoms. The molecule has 1 rings (SSSR count). The van der Waals surface area contributed by atoms with Crippen molar-refractivity contribution in [1.82, 2.24) is 0 Å². The summed E-state index contributed by atoms with van der Waals surface area (Å²) in [4.78, 5) is 0. The Morgan fingerprint density at radius 1 is 1.58 bits per heavy atom. The fourth-order valence-corrected chi connectivity index (χ4v) is 1.70. The van der Waals surface area contributed by atoms with Crippen molar-refractivity contribution in [2.75, 3.05) is 25.7 Å². The van der Waals surface area contributed by atoms with Crippen molar-refractivity contribution in [3.05, 3.63) is 0 Å². The van der Waals surface area contributed by atoms with Crippen LogP contribution in [-0.2, 0) is 9.47 Å². The number of ether oxygens (including phenoxy) is 2. The van der Waals surface area contributed by atoms with Gasteiger partial charge < -0.3 is 9.47 Å². The Bertz CT molecular complexity index is 122. The Hall–Kier alpha value is 0.210. The molecule has 1 atom stereocenters. The van der Waals surface area contributed by atoms with Crippen LogP contribution >= 0.6 is 11.6 Å². The fourth-order valence-electron chi connectivity index (χ4n) is 1.42. The van der Waals surface area contributed by atoms with Gasteiger partial charge in [-0.05, 0) is 19.3 Å². The van der Waals surface area contributed by atoms with Gasteiger partial charge in [0.15, 0.2) is 0 Å². The van der Waals surface area contributed by atoms with Gasteiger partial charge in [-0.1, -0.05) is 6.92 Å². The summed E-state index contributed by atoms with van der Waals surface area (Å²) in [6.07, 6.45) is 3.21. The topological polar surface area (TPSA) is 18.5 Å². The van der Waals surface area contributed by atoms with E-state index in [1.54, 1.807) is 0 Å². The molecule has 1 saturated heterocycles. The summed E-state index contributed by atoms with van der Waals surface area (Å²) in [5.41, 5.74) is -0.170. The van der Waals surface area contributed by atoms with Crippen molar-refractivity contribution in [2.45, 2.75) is 31.8 Å². The van der Waals surface area contributed by atoms with Crippen molar-refractivity contribution in [2.24, 2.45) is 0 Å². The van der Waals surface area contributed by atoms with Crippen molar-refractivity contribution in [3.8, 4) is 0 Å². The van der Waals surface area contributed by atoms with E-state index in [0.29, 0.717) is 12.5 Å². The lowest BCUT2D eigenvalue weighted by atomic mass is 10.0. The minimum absolute atomic E-state index is 0.170. The second kappa shape index (κ2) is 5.05. The molecule has 1 aliphatic rings. The molecule has 2 nitrogen and oxygen atoms in total. The SMILES string of the molecule is CCCOCC1(CCl)CCCO1. The zero-order valence-electron chi connectivity index (χ0n) is 7.64. The standard InChI is InChI=1S/C9H17ClO2/c1-2-5-11-8-9(7-10)4-3-6-12-9/h2-8H2,1H3. The van der Waals surface area contributed by atoms with Crippen LogP contribution in [0.5, 0.6) is 0 Å². The molecule has 1 unspecified atom stereocenters. The van der Waals surface area contributed by atoms with Gasteiger partial charge >= 0.3 is 0 Å². The van der Waals surface area contributed by atoms with Crippen LogP contribution in [0.15, 0.2) is 0 Å². The molecule has 0 saturated carbocycles. The molecule has 0 aliphatic carbocycles. The third-order valence-electron chi connectivity index (χ3n) is 2.14. The van der Waals surface area contributed by atoms with Gasteiger partial charge in [0.05, 0.1) is 12.5 Å². The highest BCUT2D eigenvalue weighted by molar-refractivity contribution is 6.18. The molecule has 0 aromatic heterocycles. The smallest absolute Gasteiger partial charge is 0.105 e. The molecule has 12 heavy (non-hydrogen) atoms. The molecule has 0 radical (unpaired) electrons. The van der Waals surface area contributed by atoms with Gasteiger partial charge in [-0.3, -0.25) is 0 Å². The Balaban J connectivity index is 2.24. The summed E-state index contributed by atoms with van der Waals surface area (Å²) in [6, 6.07) is 0. The normalized spacial score (nSPS) is 29.5. The van der Waals surface area contributed by atoms with Crippen LogP contribution < -0.4 is 0 Å². The van der Waals surface area contributed by atoms with E-state index in [0.717, 1.165) is 32.5 Å². The quantitative estimate of drug-likeness (QED) is 0.491. The molecule has 0 bridgehead atoms. The largest absolute Gasteiger partial charge is 0.378 e. The zero-order valence-corrected chi connectivity index (χ0v) is 8.40. The van der Waals surface area contributed by atoms with E-state index in [-0.39, 0.29) is 5.60 Å². The van der Waals surface area contributed by atoms with Crippen molar-refractivity contribution < 1.29 is 9.47 Å². The molecule has 1 fully saturated rings. The minimum Gasteiger partial charge on any atom is -0.378 e. The third kappa shape index (κ3) is 2.61. The number of rotatable bonds is 5. The Labute approximate surface area is 79.2 Å². The zero-order chi connectivity index (χ0) is 8.86. The van der Waals surface area contributed by atoms with E-state index >= 15 is 0 Å². The molecule has 1 aliphatic heterocycles. The number of hydrogen-bond acceptors (Lipinski definition) is 2. The van der Waals surface area contributed by atoms with Crippen LogP contribution in [0.3, 0.4) is 0 Å². The highest BCUT2D eigenvalue weighted by Gasteiger charge is 2.34. The molecule has 72 valence electrons. The van der Waals surface area contributed by atoms with Crippen molar-refractivity contribution in [3.63, 3.8) is 0 Å². The summed E-state index contributed by atoms with van der Waals surface area (Å²) in [5, 5.41) is 0. The molecule has 0 N–H and O–H groups in total. The molecule has 0 aromatic carbocycles. The van der Waals surface area contributed by atoms with Crippen LogP contribution in [0.2, 0.25) is 0 Å². The minimum atomic E-state index is -0.170. The lowest BCUT2D eigenvalue weighted by Gasteiger charge is -2.25. The first kappa shape index (κ1) is 10.3. The van der Waals surface area contributed by atoms with E-state index < -0.39 is 0 Å². The molecule has 3 heteroatoms. The first-order valence-corrected chi connectivity index (χ1v) is 5.14. The Morgan fingerprint density at radius 3 is 2.92 bits per heavy atom. The van der Waals surface area contributed by atoms with E-state index in [1.807, 2.05) is 0 Å². The van der Waals surface area contributed by atoms with E-state index in [1.165, 1.54) is 0 Å². The van der Waals surface area contributed by atoms with Crippen LogP contribution in [0, 0.1) is 0 Å². The molecule has 0 aromatic rings. The predicted octanol–water partition coefficient (Wildman–Crippen LogP) is 2.20. The summed E-state index contributed by atoms with van der Waals surface area (Å²) in [6.45, 7) is 4.40. The van der Waals surface area contributed by atoms with Gasteiger partial charge in [-0.15, -0.1) is 11.6 Å². The highest BCUT2D eigenvalue weighted by Crippen LogP contribution is 2.27. The average molecular weight is 193 g/mol.